The van der Waals surface area contributed by atoms with Gasteiger partial charge in [0.05, 0.1) is 18.9 Å². The van der Waals surface area contributed by atoms with Crippen molar-refractivity contribution < 1.29 is 9.15 Å². The lowest BCUT2D eigenvalue weighted by molar-refractivity contribution is 0.261. The molecule has 2 heterocycles. The summed E-state index contributed by atoms with van der Waals surface area (Å²) in [7, 11) is 0. The van der Waals surface area contributed by atoms with Crippen molar-refractivity contribution in [2.45, 2.75) is 31.7 Å². The van der Waals surface area contributed by atoms with E-state index < -0.39 is 0 Å². The Morgan fingerprint density at radius 2 is 2.00 bits per heavy atom. The van der Waals surface area contributed by atoms with E-state index in [9.17, 15) is 0 Å². The quantitative estimate of drug-likeness (QED) is 0.385. The molecule has 140 valence electrons. The van der Waals surface area contributed by atoms with E-state index in [1.807, 2.05) is 24.3 Å². The number of ether oxygens (including phenoxy) is 1. The summed E-state index contributed by atoms with van der Waals surface area (Å²) < 4.78 is 11.2. The number of hydrogen-bond donors (Lipinski definition) is 2. The van der Waals surface area contributed by atoms with Gasteiger partial charge >= 0.3 is 0 Å². The molecule has 0 amide bonds. The third kappa shape index (κ3) is 5.16. The predicted molar refractivity (Wildman–Crippen MR) is 113 cm³/mol. The summed E-state index contributed by atoms with van der Waals surface area (Å²) in [5, 5.41) is 7.06. The smallest absolute Gasteiger partial charge is 0.191 e. The van der Waals surface area contributed by atoms with Gasteiger partial charge in [-0.1, -0.05) is 18.2 Å². The van der Waals surface area contributed by atoms with Gasteiger partial charge in [0.25, 0.3) is 0 Å². The third-order valence-electron chi connectivity index (χ3n) is 4.72. The third-order valence-corrected chi connectivity index (χ3v) is 4.72. The molecule has 26 heavy (non-hydrogen) atoms. The molecule has 6 heteroatoms. The summed E-state index contributed by atoms with van der Waals surface area (Å²) in [6.07, 6.45) is 6.13. The van der Waals surface area contributed by atoms with Crippen LogP contribution in [0, 0.1) is 5.92 Å². The van der Waals surface area contributed by atoms with Gasteiger partial charge in [-0.3, -0.25) is 4.99 Å². The maximum absolute atomic E-state index is 5.76. The molecule has 1 fully saturated rings. The zero-order chi connectivity index (χ0) is 16.9. The van der Waals surface area contributed by atoms with E-state index in [0.717, 1.165) is 55.9 Å². The fourth-order valence-corrected chi connectivity index (χ4v) is 3.09. The molecular weight excluding hydrogens is 441 g/mol. The minimum atomic E-state index is 0. The molecule has 0 spiro atoms. The maximum Gasteiger partial charge on any atom is 0.191 e. The molecule has 1 atom stereocenters. The summed E-state index contributed by atoms with van der Waals surface area (Å²) >= 11 is 0. The number of benzene rings is 1. The van der Waals surface area contributed by atoms with Crippen molar-refractivity contribution in [3.8, 4) is 5.75 Å². The molecule has 1 aliphatic heterocycles. The van der Waals surface area contributed by atoms with Gasteiger partial charge in [-0.15, -0.1) is 24.0 Å². The lowest BCUT2D eigenvalue weighted by Gasteiger charge is -2.28. The highest BCUT2D eigenvalue weighted by molar-refractivity contribution is 14.0. The molecule has 0 saturated heterocycles. The minimum Gasteiger partial charge on any atom is -0.493 e. The Hall–Kier alpha value is -1.70. The summed E-state index contributed by atoms with van der Waals surface area (Å²) in [5.41, 5.74) is 1.21. The van der Waals surface area contributed by atoms with Crippen LogP contribution in [0.4, 0.5) is 0 Å². The normalized spacial score (nSPS) is 19.1. The van der Waals surface area contributed by atoms with Crippen LogP contribution in [-0.2, 0) is 6.42 Å². The largest absolute Gasteiger partial charge is 0.493 e. The van der Waals surface area contributed by atoms with E-state index in [0.29, 0.717) is 0 Å². The van der Waals surface area contributed by atoms with Crippen molar-refractivity contribution in [2.24, 2.45) is 10.9 Å². The second kappa shape index (κ2) is 9.30. The lowest BCUT2D eigenvalue weighted by atomic mass is 10.0. The molecule has 0 radical (unpaired) electrons. The topological polar surface area (TPSA) is 58.8 Å². The number of nitrogens with zero attached hydrogens (tertiary/aromatic N) is 1. The van der Waals surface area contributed by atoms with Crippen molar-refractivity contribution in [1.29, 1.82) is 0 Å². The second-order valence-electron chi connectivity index (χ2n) is 6.76. The van der Waals surface area contributed by atoms with Gasteiger partial charge in [0.1, 0.15) is 11.5 Å². The molecule has 4 rings (SSSR count). The van der Waals surface area contributed by atoms with E-state index in [1.54, 1.807) is 6.26 Å². The number of rotatable bonds is 6. The van der Waals surface area contributed by atoms with Crippen LogP contribution in [0.2, 0.25) is 0 Å². The summed E-state index contributed by atoms with van der Waals surface area (Å²) in [6, 6.07) is 12.4. The average Bonchev–Trinajstić information content (AvgIpc) is 3.33. The van der Waals surface area contributed by atoms with E-state index in [1.165, 1.54) is 18.4 Å². The van der Waals surface area contributed by atoms with Crippen LogP contribution in [-0.4, -0.2) is 25.7 Å². The Bertz CT molecular complexity index is 714. The van der Waals surface area contributed by atoms with E-state index in [-0.39, 0.29) is 30.0 Å². The van der Waals surface area contributed by atoms with Crippen LogP contribution in [0.3, 0.4) is 0 Å². The molecular formula is C20H26IN3O2. The minimum absolute atomic E-state index is 0. The van der Waals surface area contributed by atoms with Crippen molar-refractivity contribution in [2.75, 3.05) is 19.7 Å². The Balaban J connectivity index is 0.00000196. The number of aliphatic imine (C=N–C) groups is 1. The van der Waals surface area contributed by atoms with Crippen molar-refractivity contribution >= 4 is 29.9 Å². The van der Waals surface area contributed by atoms with Gasteiger partial charge in [-0.25, -0.2) is 0 Å². The highest BCUT2D eigenvalue weighted by Gasteiger charge is 2.23. The first-order valence-electron chi connectivity index (χ1n) is 9.17. The lowest BCUT2D eigenvalue weighted by Crippen LogP contribution is -2.42. The number of nitrogens with one attached hydrogen (secondary N) is 2. The summed E-state index contributed by atoms with van der Waals surface area (Å²) in [5.74, 6) is 3.62. The SMILES string of the molecule is I.c1coc(CCNC(=NCC2CC2)NC2CCOc3ccccc32)c1. The number of para-hydroxylation sites is 1. The van der Waals surface area contributed by atoms with Crippen molar-refractivity contribution in [3.05, 3.63) is 54.0 Å². The molecule has 2 aliphatic rings. The van der Waals surface area contributed by atoms with Crippen molar-refractivity contribution in [3.63, 3.8) is 0 Å². The first kappa shape index (κ1) is 19.1. The van der Waals surface area contributed by atoms with Crippen LogP contribution in [0.15, 0.2) is 52.1 Å². The molecule has 2 N–H and O–H groups in total. The predicted octanol–water partition coefficient (Wildman–Crippen LogP) is 3.91. The van der Waals surface area contributed by atoms with Gasteiger partial charge < -0.3 is 19.8 Å². The number of guanidine groups is 1. The highest BCUT2D eigenvalue weighted by Crippen LogP contribution is 2.32. The van der Waals surface area contributed by atoms with Crippen molar-refractivity contribution in [1.82, 2.24) is 10.6 Å². The molecule has 2 aromatic rings. The van der Waals surface area contributed by atoms with Gasteiger partial charge in [-0.05, 0) is 37.0 Å². The molecule has 1 unspecified atom stereocenters. The molecule has 5 nitrogen and oxygen atoms in total. The number of halogens is 1. The molecule has 1 aromatic carbocycles. The fraction of sp³-hybridized carbons (Fsp3) is 0.450. The van der Waals surface area contributed by atoms with E-state index in [4.69, 9.17) is 14.1 Å². The van der Waals surface area contributed by atoms with E-state index in [2.05, 4.69) is 22.8 Å². The first-order valence-corrected chi connectivity index (χ1v) is 9.17. The van der Waals surface area contributed by atoms with Gasteiger partial charge in [0.2, 0.25) is 0 Å². The van der Waals surface area contributed by atoms with Crippen LogP contribution in [0.25, 0.3) is 0 Å². The number of fused-ring (bicyclic) bond motifs is 1. The highest BCUT2D eigenvalue weighted by atomic mass is 127. The molecule has 1 aliphatic carbocycles. The van der Waals surface area contributed by atoms with Crippen LogP contribution in [0.1, 0.15) is 36.6 Å². The van der Waals surface area contributed by atoms with Gasteiger partial charge in [0.15, 0.2) is 5.96 Å². The van der Waals surface area contributed by atoms with Crippen LogP contribution >= 0.6 is 24.0 Å². The maximum atomic E-state index is 5.76. The molecule has 1 saturated carbocycles. The van der Waals surface area contributed by atoms with Crippen LogP contribution < -0.4 is 15.4 Å². The number of hydrogen-bond acceptors (Lipinski definition) is 3. The standard InChI is InChI=1S/C20H25N3O2.HI/c1-2-6-19-17(5-1)18(10-13-25-19)23-20(22-14-15-7-8-15)21-11-9-16-4-3-12-24-16;/h1-6,12,15,18H,7-11,13-14H2,(H2,21,22,23);1H. The Morgan fingerprint density at radius 3 is 2.81 bits per heavy atom. The fourth-order valence-electron chi connectivity index (χ4n) is 3.09. The zero-order valence-corrected chi connectivity index (χ0v) is 17.1. The molecule has 1 aromatic heterocycles. The monoisotopic (exact) mass is 467 g/mol. The molecule has 0 bridgehead atoms. The second-order valence-corrected chi connectivity index (χ2v) is 6.76. The van der Waals surface area contributed by atoms with E-state index >= 15 is 0 Å². The van der Waals surface area contributed by atoms with Crippen LogP contribution in [0.5, 0.6) is 5.75 Å². The number of furan rings is 1. The summed E-state index contributed by atoms with van der Waals surface area (Å²) in [6.45, 7) is 2.44. The summed E-state index contributed by atoms with van der Waals surface area (Å²) in [4.78, 5) is 4.79. The average molecular weight is 467 g/mol. The Kier molecular flexibility index (Phi) is 6.82. The Morgan fingerprint density at radius 1 is 1.12 bits per heavy atom. The van der Waals surface area contributed by atoms with Gasteiger partial charge in [-0.2, -0.15) is 0 Å². The zero-order valence-electron chi connectivity index (χ0n) is 14.8. The first-order chi connectivity index (χ1) is 12.4. The van der Waals surface area contributed by atoms with Gasteiger partial charge in [0, 0.05) is 31.5 Å². The Labute approximate surface area is 171 Å².